The zero-order chi connectivity index (χ0) is 18.6. The van der Waals surface area contributed by atoms with Crippen LogP contribution in [0.15, 0.2) is 36.4 Å². The van der Waals surface area contributed by atoms with Gasteiger partial charge < -0.3 is 0 Å². The molecule has 6 nitrogen and oxygen atoms in total. The fraction of sp³-hybridized carbons (Fsp3) is 0.368. The van der Waals surface area contributed by atoms with Crippen LogP contribution in [0.5, 0.6) is 0 Å². The summed E-state index contributed by atoms with van der Waals surface area (Å²) in [6.45, 7) is 4.40. The van der Waals surface area contributed by atoms with E-state index < -0.39 is 0 Å². The minimum atomic E-state index is 0.593. The maximum atomic E-state index is 4.69. The Hall–Kier alpha value is -2.19. The van der Waals surface area contributed by atoms with E-state index >= 15 is 0 Å². The van der Waals surface area contributed by atoms with Gasteiger partial charge in [0, 0.05) is 5.69 Å². The third kappa shape index (κ3) is 4.39. The standard InChI is InChI=1S/C19H22N6S2/c1-13(2)10-15-11-16(21-20-15)18-24-25-17(22-23-19(25)27-18)12-26-9-8-14-6-4-3-5-7-14/h3-7,11,13H,8-10,12H2,1-2H3,(H,20,21). The molecular formula is C19H22N6S2. The predicted octanol–water partition coefficient (Wildman–Crippen LogP) is 4.25. The van der Waals surface area contributed by atoms with Crippen molar-refractivity contribution >= 4 is 28.1 Å². The molecule has 3 heterocycles. The second-order valence-electron chi connectivity index (χ2n) is 6.88. The molecule has 0 saturated carbocycles. The number of rotatable bonds is 8. The van der Waals surface area contributed by atoms with Gasteiger partial charge in [-0.25, -0.2) is 0 Å². The normalized spacial score (nSPS) is 11.7. The first kappa shape index (κ1) is 18.2. The van der Waals surface area contributed by atoms with Crippen molar-refractivity contribution in [2.24, 2.45) is 5.92 Å². The number of fused-ring (bicyclic) bond motifs is 1. The maximum absolute atomic E-state index is 4.69. The van der Waals surface area contributed by atoms with Crippen molar-refractivity contribution in [3.05, 3.63) is 53.5 Å². The monoisotopic (exact) mass is 398 g/mol. The first-order valence-electron chi connectivity index (χ1n) is 9.06. The lowest BCUT2D eigenvalue weighted by atomic mass is 10.1. The Morgan fingerprint density at radius 3 is 2.85 bits per heavy atom. The van der Waals surface area contributed by atoms with Gasteiger partial charge in [-0.3, -0.25) is 5.10 Å². The van der Waals surface area contributed by atoms with Gasteiger partial charge in [0.25, 0.3) is 0 Å². The van der Waals surface area contributed by atoms with E-state index in [-0.39, 0.29) is 0 Å². The summed E-state index contributed by atoms with van der Waals surface area (Å²) in [6.07, 6.45) is 2.04. The molecule has 0 aliphatic rings. The Bertz CT molecular complexity index is 1000. The number of H-pyrrole nitrogens is 1. The molecule has 1 aromatic carbocycles. The molecule has 0 aliphatic carbocycles. The number of hydrogen-bond donors (Lipinski definition) is 1. The molecule has 0 bridgehead atoms. The molecule has 0 amide bonds. The Morgan fingerprint density at radius 1 is 1.19 bits per heavy atom. The molecule has 0 atom stereocenters. The van der Waals surface area contributed by atoms with Crippen LogP contribution in [-0.4, -0.2) is 35.8 Å². The number of nitrogens with zero attached hydrogens (tertiary/aromatic N) is 5. The number of aryl methyl sites for hydroxylation is 1. The van der Waals surface area contributed by atoms with Gasteiger partial charge in [0.15, 0.2) is 10.8 Å². The average Bonchev–Trinajstić information content (AvgIpc) is 3.35. The number of nitrogens with one attached hydrogen (secondary N) is 1. The quantitative estimate of drug-likeness (QED) is 0.449. The van der Waals surface area contributed by atoms with Crippen LogP contribution < -0.4 is 0 Å². The molecule has 8 heteroatoms. The first-order valence-corrected chi connectivity index (χ1v) is 11.0. The highest BCUT2D eigenvalue weighted by atomic mass is 32.2. The Labute approximate surface area is 166 Å². The SMILES string of the molecule is CC(C)Cc1cc(-c2nn3c(CSCCc4ccccc4)nnc3s2)n[nH]1. The van der Waals surface area contributed by atoms with Gasteiger partial charge in [-0.05, 0) is 36.1 Å². The van der Waals surface area contributed by atoms with E-state index in [4.69, 9.17) is 0 Å². The van der Waals surface area contributed by atoms with E-state index in [0.29, 0.717) is 5.92 Å². The van der Waals surface area contributed by atoms with E-state index in [1.807, 2.05) is 16.3 Å². The lowest BCUT2D eigenvalue weighted by Crippen LogP contribution is -1.96. The number of aromatic amines is 1. The van der Waals surface area contributed by atoms with Crippen molar-refractivity contribution in [2.45, 2.75) is 32.4 Å². The molecule has 0 saturated heterocycles. The van der Waals surface area contributed by atoms with Gasteiger partial charge >= 0.3 is 0 Å². The molecule has 0 spiro atoms. The highest BCUT2D eigenvalue weighted by Crippen LogP contribution is 2.25. The molecule has 0 unspecified atom stereocenters. The van der Waals surface area contributed by atoms with Crippen LogP contribution in [0.4, 0.5) is 0 Å². The van der Waals surface area contributed by atoms with Gasteiger partial charge in [-0.1, -0.05) is 55.5 Å². The van der Waals surface area contributed by atoms with Crippen LogP contribution in [0, 0.1) is 5.92 Å². The third-order valence-electron chi connectivity index (χ3n) is 4.14. The Kier molecular flexibility index (Phi) is 5.54. The van der Waals surface area contributed by atoms with Crippen LogP contribution >= 0.6 is 23.1 Å². The van der Waals surface area contributed by atoms with E-state index in [0.717, 1.165) is 51.5 Å². The summed E-state index contributed by atoms with van der Waals surface area (Å²) in [5, 5.41) is 21.6. The van der Waals surface area contributed by atoms with Crippen molar-refractivity contribution in [3.8, 4) is 10.7 Å². The summed E-state index contributed by atoms with van der Waals surface area (Å²) in [7, 11) is 0. The van der Waals surface area contributed by atoms with Gasteiger partial charge in [0.2, 0.25) is 4.96 Å². The predicted molar refractivity (Wildman–Crippen MR) is 111 cm³/mol. The zero-order valence-corrected chi connectivity index (χ0v) is 17.1. The number of benzene rings is 1. The lowest BCUT2D eigenvalue weighted by molar-refractivity contribution is 0.633. The molecule has 140 valence electrons. The van der Waals surface area contributed by atoms with Crippen molar-refractivity contribution < 1.29 is 0 Å². The second kappa shape index (κ2) is 8.22. The number of hydrogen-bond acceptors (Lipinski definition) is 6. The lowest BCUT2D eigenvalue weighted by Gasteiger charge is -2.00. The molecule has 4 rings (SSSR count). The first-order chi connectivity index (χ1) is 13.2. The van der Waals surface area contributed by atoms with Crippen LogP contribution in [0.3, 0.4) is 0 Å². The summed E-state index contributed by atoms with van der Waals surface area (Å²) >= 11 is 3.38. The minimum absolute atomic E-state index is 0.593. The minimum Gasteiger partial charge on any atom is -0.282 e. The van der Waals surface area contributed by atoms with E-state index in [1.54, 1.807) is 0 Å². The molecule has 27 heavy (non-hydrogen) atoms. The molecular weight excluding hydrogens is 376 g/mol. The van der Waals surface area contributed by atoms with E-state index in [2.05, 4.69) is 75.7 Å². The summed E-state index contributed by atoms with van der Waals surface area (Å²) in [4.78, 5) is 0.817. The average molecular weight is 399 g/mol. The third-order valence-corrected chi connectivity index (χ3v) is 6.02. The molecule has 0 aliphatic heterocycles. The second-order valence-corrected chi connectivity index (χ2v) is 8.94. The van der Waals surface area contributed by atoms with Crippen LogP contribution in [0.2, 0.25) is 0 Å². The van der Waals surface area contributed by atoms with Crippen LogP contribution in [0.1, 0.15) is 30.9 Å². The highest BCUT2D eigenvalue weighted by molar-refractivity contribution is 7.98. The molecule has 0 radical (unpaired) electrons. The van der Waals surface area contributed by atoms with E-state index in [9.17, 15) is 0 Å². The van der Waals surface area contributed by atoms with Gasteiger partial charge in [-0.2, -0.15) is 26.5 Å². The fourth-order valence-corrected chi connectivity index (χ4v) is 4.57. The molecule has 1 N–H and O–H groups in total. The topological polar surface area (TPSA) is 71.8 Å². The van der Waals surface area contributed by atoms with Crippen LogP contribution in [0.25, 0.3) is 15.7 Å². The smallest absolute Gasteiger partial charge is 0.235 e. The van der Waals surface area contributed by atoms with Crippen LogP contribution in [-0.2, 0) is 18.6 Å². The Balaban J connectivity index is 1.40. The van der Waals surface area contributed by atoms with Gasteiger partial charge in [0.1, 0.15) is 5.69 Å². The van der Waals surface area contributed by atoms with Crippen molar-refractivity contribution in [1.29, 1.82) is 0 Å². The van der Waals surface area contributed by atoms with Crippen molar-refractivity contribution in [1.82, 2.24) is 30.0 Å². The van der Waals surface area contributed by atoms with Gasteiger partial charge in [0.05, 0.1) is 5.75 Å². The summed E-state index contributed by atoms with van der Waals surface area (Å²) < 4.78 is 1.85. The number of aromatic nitrogens is 6. The highest BCUT2D eigenvalue weighted by Gasteiger charge is 2.15. The maximum Gasteiger partial charge on any atom is 0.235 e. The van der Waals surface area contributed by atoms with Crippen molar-refractivity contribution in [3.63, 3.8) is 0 Å². The summed E-state index contributed by atoms with van der Waals surface area (Å²) in [5.74, 6) is 3.34. The zero-order valence-electron chi connectivity index (χ0n) is 15.4. The van der Waals surface area contributed by atoms with E-state index in [1.165, 1.54) is 16.9 Å². The molecule has 3 aromatic heterocycles. The van der Waals surface area contributed by atoms with Crippen molar-refractivity contribution in [2.75, 3.05) is 5.75 Å². The fourth-order valence-electron chi connectivity index (χ4n) is 2.86. The number of thioether (sulfide) groups is 1. The Morgan fingerprint density at radius 2 is 2.04 bits per heavy atom. The largest absolute Gasteiger partial charge is 0.282 e. The molecule has 0 fully saturated rings. The summed E-state index contributed by atoms with van der Waals surface area (Å²) in [5.41, 5.74) is 3.38. The molecule has 4 aromatic rings. The summed E-state index contributed by atoms with van der Waals surface area (Å²) in [6, 6.07) is 12.6. The van der Waals surface area contributed by atoms with Gasteiger partial charge in [-0.15, -0.1) is 10.2 Å².